The Morgan fingerprint density at radius 3 is 3.57 bits per heavy atom. The number of H-pyrrole nitrogens is 1. The summed E-state index contributed by atoms with van der Waals surface area (Å²) in [6.07, 6.45) is 6.62. The number of methoxy groups -OCH3 is 1. The van der Waals surface area contributed by atoms with Crippen molar-refractivity contribution in [1.29, 1.82) is 0 Å². The molecule has 0 saturated heterocycles. The summed E-state index contributed by atoms with van der Waals surface area (Å²) in [5.74, 6) is 0.634. The van der Waals surface area contributed by atoms with Crippen molar-refractivity contribution in [3.63, 3.8) is 0 Å². The summed E-state index contributed by atoms with van der Waals surface area (Å²) < 4.78 is 4.78. The first kappa shape index (κ1) is 9.24. The second-order valence-electron chi connectivity index (χ2n) is 3.64. The highest BCUT2D eigenvalue weighted by atomic mass is 16.5. The van der Waals surface area contributed by atoms with Gasteiger partial charge in [-0.1, -0.05) is 0 Å². The molecule has 2 rings (SSSR count). The van der Waals surface area contributed by atoms with E-state index in [1.807, 2.05) is 0 Å². The third-order valence-corrected chi connectivity index (χ3v) is 2.63. The maximum Gasteiger partial charge on any atom is 0.168 e. The molecule has 0 amide bonds. The molecule has 0 aliphatic heterocycles. The Hall–Kier alpha value is -1.32. The van der Waals surface area contributed by atoms with Crippen molar-refractivity contribution in [3.05, 3.63) is 17.7 Å². The fourth-order valence-corrected chi connectivity index (χ4v) is 1.90. The summed E-state index contributed by atoms with van der Waals surface area (Å²) in [6.45, 7) is 0.853. The van der Waals surface area contributed by atoms with Gasteiger partial charge in [0.05, 0.1) is 19.1 Å². The Labute approximate surface area is 83.4 Å². The fourth-order valence-electron chi connectivity index (χ4n) is 1.90. The average Bonchev–Trinajstić information content (AvgIpc) is 2.65. The van der Waals surface area contributed by atoms with Gasteiger partial charge in [0.2, 0.25) is 0 Å². The first-order valence-electron chi connectivity index (χ1n) is 4.92. The van der Waals surface area contributed by atoms with E-state index < -0.39 is 0 Å². The molecule has 1 aromatic rings. The Bertz CT molecular complexity index is 319. The van der Waals surface area contributed by atoms with Crippen molar-refractivity contribution < 1.29 is 4.74 Å². The summed E-state index contributed by atoms with van der Waals surface area (Å²) in [5, 5.41) is 0. The lowest BCUT2D eigenvalue weighted by Gasteiger charge is -2.18. The SMILES string of the molecule is CO/C=N/CC1CCc2nc[nH]c2C1. The predicted molar refractivity (Wildman–Crippen MR) is 54.5 cm³/mol. The second-order valence-corrected chi connectivity index (χ2v) is 3.64. The lowest BCUT2D eigenvalue weighted by molar-refractivity contribution is 0.411. The highest BCUT2D eigenvalue weighted by molar-refractivity contribution is 5.45. The molecule has 4 nitrogen and oxygen atoms in total. The van der Waals surface area contributed by atoms with Crippen LogP contribution in [-0.4, -0.2) is 30.0 Å². The van der Waals surface area contributed by atoms with Gasteiger partial charge in [-0.2, -0.15) is 0 Å². The minimum atomic E-state index is 0.634. The highest BCUT2D eigenvalue weighted by Crippen LogP contribution is 2.22. The third kappa shape index (κ3) is 1.95. The van der Waals surface area contributed by atoms with Gasteiger partial charge in [-0.3, -0.25) is 4.99 Å². The Morgan fingerprint density at radius 2 is 2.71 bits per heavy atom. The average molecular weight is 193 g/mol. The van der Waals surface area contributed by atoms with Crippen LogP contribution in [-0.2, 0) is 17.6 Å². The number of ether oxygens (including phenoxy) is 1. The summed E-state index contributed by atoms with van der Waals surface area (Å²) in [7, 11) is 1.62. The summed E-state index contributed by atoms with van der Waals surface area (Å²) in [6, 6.07) is 0. The van der Waals surface area contributed by atoms with Gasteiger partial charge >= 0.3 is 0 Å². The summed E-state index contributed by atoms with van der Waals surface area (Å²) in [5.41, 5.74) is 2.52. The van der Waals surface area contributed by atoms with E-state index in [2.05, 4.69) is 15.0 Å². The molecule has 14 heavy (non-hydrogen) atoms. The number of aryl methyl sites for hydroxylation is 1. The number of nitrogens with zero attached hydrogens (tertiary/aromatic N) is 2. The van der Waals surface area contributed by atoms with Crippen molar-refractivity contribution in [2.75, 3.05) is 13.7 Å². The van der Waals surface area contributed by atoms with E-state index in [-0.39, 0.29) is 0 Å². The number of aliphatic imine (C=N–C) groups is 1. The van der Waals surface area contributed by atoms with Crippen LogP contribution in [0.2, 0.25) is 0 Å². The zero-order chi connectivity index (χ0) is 9.80. The molecule has 1 unspecified atom stereocenters. The number of hydrogen-bond donors (Lipinski definition) is 1. The van der Waals surface area contributed by atoms with Crippen molar-refractivity contribution in [3.8, 4) is 0 Å². The number of fused-ring (bicyclic) bond motifs is 1. The largest absolute Gasteiger partial charge is 0.487 e. The number of imidazole rings is 1. The van der Waals surface area contributed by atoms with E-state index >= 15 is 0 Å². The summed E-state index contributed by atoms with van der Waals surface area (Å²) in [4.78, 5) is 11.6. The Morgan fingerprint density at radius 1 is 1.79 bits per heavy atom. The van der Waals surface area contributed by atoms with Crippen LogP contribution in [0.4, 0.5) is 0 Å². The molecule has 1 aliphatic carbocycles. The van der Waals surface area contributed by atoms with Gasteiger partial charge in [-0.05, 0) is 25.2 Å². The minimum absolute atomic E-state index is 0.634. The third-order valence-electron chi connectivity index (χ3n) is 2.63. The van der Waals surface area contributed by atoms with E-state index in [0.717, 1.165) is 19.4 Å². The number of nitrogens with one attached hydrogen (secondary N) is 1. The van der Waals surface area contributed by atoms with Crippen LogP contribution in [0.15, 0.2) is 11.3 Å². The quantitative estimate of drug-likeness (QED) is 0.579. The van der Waals surface area contributed by atoms with Crippen LogP contribution < -0.4 is 0 Å². The van der Waals surface area contributed by atoms with E-state index in [0.29, 0.717) is 5.92 Å². The van der Waals surface area contributed by atoms with Crippen molar-refractivity contribution >= 4 is 6.40 Å². The molecule has 0 radical (unpaired) electrons. The van der Waals surface area contributed by atoms with Gasteiger partial charge in [-0.25, -0.2) is 4.98 Å². The molecule has 1 heterocycles. The van der Waals surface area contributed by atoms with E-state index in [1.54, 1.807) is 13.4 Å². The van der Waals surface area contributed by atoms with E-state index in [9.17, 15) is 0 Å². The molecular weight excluding hydrogens is 178 g/mol. The highest BCUT2D eigenvalue weighted by Gasteiger charge is 2.19. The molecular formula is C10H15N3O. The van der Waals surface area contributed by atoms with E-state index in [4.69, 9.17) is 4.74 Å². The van der Waals surface area contributed by atoms with Crippen LogP contribution in [0.1, 0.15) is 17.8 Å². The topological polar surface area (TPSA) is 50.3 Å². The maximum atomic E-state index is 4.78. The molecule has 0 aromatic carbocycles. The van der Waals surface area contributed by atoms with Crippen LogP contribution in [0.3, 0.4) is 0 Å². The van der Waals surface area contributed by atoms with Crippen LogP contribution in [0, 0.1) is 5.92 Å². The molecule has 4 heteroatoms. The van der Waals surface area contributed by atoms with Gasteiger partial charge in [0.1, 0.15) is 0 Å². The molecule has 1 atom stereocenters. The monoisotopic (exact) mass is 193 g/mol. The van der Waals surface area contributed by atoms with Crippen molar-refractivity contribution in [2.24, 2.45) is 10.9 Å². The molecule has 76 valence electrons. The number of hydrogen-bond acceptors (Lipinski definition) is 3. The van der Waals surface area contributed by atoms with Crippen molar-refractivity contribution in [2.45, 2.75) is 19.3 Å². The first-order chi connectivity index (χ1) is 6.90. The van der Waals surface area contributed by atoms with Gasteiger partial charge in [0.25, 0.3) is 0 Å². The maximum absolute atomic E-state index is 4.78. The smallest absolute Gasteiger partial charge is 0.168 e. The minimum Gasteiger partial charge on any atom is -0.487 e. The lowest BCUT2D eigenvalue weighted by Crippen LogP contribution is -2.16. The molecule has 0 spiro atoms. The molecule has 1 aromatic heterocycles. The molecule has 0 bridgehead atoms. The molecule has 1 aliphatic rings. The lowest BCUT2D eigenvalue weighted by atomic mass is 9.90. The Balaban J connectivity index is 1.91. The van der Waals surface area contributed by atoms with Gasteiger partial charge in [0.15, 0.2) is 6.40 Å². The van der Waals surface area contributed by atoms with Gasteiger partial charge in [-0.15, -0.1) is 0 Å². The molecule has 0 fully saturated rings. The second kappa shape index (κ2) is 4.26. The van der Waals surface area contributed by atoms with Crippen molar-refractivity contribution in [1.82, 2.24) is 9.97 Å². The zero-order valence-corrected chi connectivity index (χ0v) is 8.36. The standard InChI is InChI=1S/C10H15N3O/c1-14-7-11-5-8-2-3-9-10(4-8)13-6-12-9/h6-8H,2-5H2,1H3,(H,12,13)/b11-7+. The fraction of sp³-hybridized carbons (Fsp3) is 0.600. The van der Waals surface area contributed by atoms with Crippen LogP contribution >= 0.6 is 0 Å². The zero-order valence-electron chi connectivity index (χ0n) is 8.36. The number of rotatable bonds is 3. The normalized spacial score (nSPS) is 21.1. The Kier molecular flexibility index (Phi) is 2.81. The number of aromatic nitrogens is 2. The number of aromatic amines is 1. The predicted octanol–water partition coefficient (Wildman–Crippen LogP) is 1.19. The first-order valence-corrected chi connectivity index (χ1v) is 4.92. The van der Waals surface area contributed by atoms with Gasteiger partial charge in [0, 0.05) is 12.2 Å². The van der Waals surface area contributed by atoms with Crippen LogP contribution in [0.25, 0.3) is 0 Å². The molecule has 1 N–H and O–H groups in total. The summed E-state index contributed by atoms with van der Waals surface area (Å²) >= 11 is 0. The van der Waals surface area contributed by atoms with Crippen LogP contribution in [0.5, 0.6) is 0 Å². The molecule has 0 saturated carbocycles. The van der Waals surface area contributed by atoms with E-state index in [1.165, 1.54) is 24.2 Å². The van der Waals surface area contributed by atoms with Gasteiger partial charge < -0.3 is 9.72 Å².